The zero-order valence-electron chi connectivity index (χ0n) is 18.7. The molecule has 31 heavy (non-hydrogen) atoms. The number of hydrogen-bond acceptors (Lipinski definition) is 6. The Bertz CT molecular complexity index is 917. The third-order valence-corrected chi connectivity index (χ3v) is 5.06. The molecule has 10 nitrogen and oxygen atoms in total. The molecule has 1 aromatic carbocycles. The van der Waals surface area contributed by atoms with E-state index in [-0.39, 0.29) is 12.5 Å². The lowest BCUT2D eigenvalue weighted by atomic mass is 10.1. The van der Waals surface area contributed by atoms with Gasteiger partial charge in [-0.25, -0.2) is 4.99 Å². The van der Waals surface area contributed by atoms with Crippen LogP contribution in [0.4, 0.5) is 5.69 Å². The van der Waals surface area contributed by atoms with Gasteiger partial charge in [-0.1, -0.05) is 0 Å². The lowest BCUT2D eigenvalue weighted by Crippen LogP contribution is -2.55. The Hall–Kier alpha value is -3.43. The van der Waals surface area contributed by atoms with E-state index in [0.717, 1.165) is 11.3 Å². The second-order valence-corrected chi connectivity index (χ2v) is 7.02. The van der Waals surface area contributed by atoms with Crippen LogP contribution in [0.25, 0.3) is 0 Å². The van der Waals surface area contributed by atoms with E-state index in [1.54, 1.807) is 49.2 Å². The number of carbonyl (C=O) groups is 1. The maximum atomic E-state index is 12.8. The Morgan fingerprint density at radius 1 is 1.16 bits per heavy atom. The molecule has 0 atom stereocenters. The number of aliphatic imine (C=N–C) groups is 1. The molecule has 1 amide bonds. The lowest BCUT2D eigenvalue weighted by molar-refractivity contribution is -0.120. The van der Waals surface area contributed by atoms with Gasteiger partial charge in [-0.05, 0) is 6.92 Å². The molecule has 0 bridgehead atoms. The van der Waals surface area contributed by atoms with Gasteiger partial charge >= 0.3 is 0 Å². The highest BCUT2D eigenvalue weighted by atomic mass is 16.5. The first-order valence-corrected chi connectivity index (χ1v) is 10.1. The third-order valence-electron chi connectivity index (χ3n) is 5.06. The first-order valence-electron chi connectivity index (χ1n) is 10.1. The summed E-state index contributed by atoms with van der Waals surface area (Å²) in [5.74, 6) is 2.58. The van der Waals surface area contributed by atoms with Gasteiger partial charge in [0.25, 0.3) is 0 Å². The molecule has 168 valence electrons. The Morgan fingerprint density at radius 2 is 1.87 bits per heavy atom. The van der Waals surface area contributed by atoms with E-state index in [1.807, 2.05) is 25.1 Å². The van der Waals surface area contributed by atoms with Gasteiger partial charge in [0.2, 0.25) is 5.91 Å². The Balaban J connectivity index is 1.79. The maximum Gasteiger partial charge on any atom is 0.246 e. The van der Waals surface area contributed by atoms with Gasteiger partial charge in [0.1, 0.15) is 23.8 Å². The van der Waals surface area contributed by atoms with Crippen molar-refractivity contribution in [3.63, 3.8) is 0 Å². The van der Waals surface area contributed by atoms with E-state index in [9.17, 15) is 4.79 Å². The number of nitrogens with zero attached hydrogens (tertiary/aromatic N) is 5. The number of hydrogen-bond donors (Lipinski definition) is 1. The SMILES string of the molecule is CCNC(=NCc1c(OC)cc(OC)cc1OC)N1CCN(c2cnn(C)c2)C(=O)C1. The minimum Gasteiger partial charge on any atom is -0.496 e. The van der Waals surface area contributed by atoms with E-state index in [2.05, 4.69) is 10.4 Å². The van der Waals surface area contributed by atoms with Crippen LogP contribution in [0.3, 0.4) is 0 Å². The molecular weight excluding hydrogens is 400 g/mol. The molecule has 3 rings (SSSR count). The zero-order valence-corrected chi connectivity index (χ0v) is 18.7. The fraction of sp³-hybridized carbons (Fsp3) is 0.476. The van der Waals surface area contributed by atoms with E-state index in [0.29, 0.717) is 49.4 Å². The standard InChI is InChI=1S/C21H30N6O4/c1-6-22-21(23-12-17-18(30-4)9-16(29-3)10-19(17)31-5)26-7-8-27(20(28)14-26)15-11-24-25(2)13-15/h9-11,13H,6-8,12,14H2,1-5H3,(H,22,23). The number of aryl methyl sites for hydroxylation is 1. The summed E-state index contributed by atoms with van der Waals surface area (Å²) in [4.78, 5) is 21.3. The van der Waals surface area contributed by atoms with Gasteiger partial charge in [0, 0.05) is 45.0 Å². The average molecular weight is 431 g/mol. The Kier molecular flexibility index (Phi) is 7.22. The van der Waals surface area contributed by atoms with E-state index >= 15 is 0 Å². The highest BCUT2D eigenvalue weighted by Gasteiger charge is 2.27. The summed E-state index contributed by atoms with van der Waals surface area (Å²) in [5, 5.41) is 7.44. The molecule has 1 saturated heterocycles. The summed E-state index contributed by atoms with van der Waals surface area (Å²) >= 11 is 0. The fourth-order valence-corrected chi connectivity index (χ4v) is 3.49. The molecular formula is C21H30N6O4. The van der Waals surface area contributed by atoms with Crippen molar-refractivity contribution in [2.75, 3.05) is 52.4 Å². The largest absolute Gasteiger partial charge is 0.496 e. The summed E-state index contributed by atoms with van der Waals surface area (Å²) in [5.41, 5.74) is 1.61. The van der Waals surface area contributed by atoms with Crippen molar-refractivity contribution in [3.05, 3.63) is 30.1 Å². The van der Waals surface area contributed by atoms with Crippen LogP contribution in [0.15, 0.2) is 29.5 Å². The summed E-state index contributed by atoms with van der Waals surface area (Å²) in [6, 6.07) is 3.60. The van der Waals surface area contributed by atoms with Crippen LogP contribution in [0.2, 0.25) is 0 Å². The van der Waals surface area contributed by atoms with Crippen molar-refractivity contribution >= 4 is 17.6 Å². The fourth-order valence-electron chi connectivity index (χ4n) is 3.49. The van der Waals surface area contributed by atoms with Gasteiger partial charge in [0.05, 0.1) is 45.3 Å². The number of nitrogens with one attached hydrogen (secondary N) is 1. The Morgan fingerprint density at radius 3 is 2.39 bits per heavy atom. The lowest BCUT2D eigenvalue weighted by Gasteiger charge is -2.35. The number of piperazine rings is 1. The van der Waals surface area contributed by atoms with Gasteiger partial charge in [-0.2, -0.15) is 5.10 Å². The number of aromatic nitrogens is 2. The van der Waals surface area contributed by atoms with Crippen molar-refractivity contribution in [3.8, 4) is 17.2 Å². The third kappa shape index (κ3) is 5.01. The van der Waals surface area contributed by atoms with Gasteiger partial charge < -0.3 is 29.3 Å². The van der Waals surface area contributed by atoms with Crippen LogP contribution < -0.4 is 24.4 Å². The molecule has 0 unspecified atom stereocenters. The van der Waals surface area contributed by atoms with Crippen LogP contribution in [0.1, 0.15) is 12.5 Å². The molecule has 1 aliphatic heterocycles. The monoisotopic (exact) mass is 430 g/mol. The predicted molar refractivity (Wildman–Crippen MR) is 118 cm³/mol. The quantitative estimate of drug-likeness (QED) is 0.522. The van der Waals surface area contributed by atoms with Gasteiger partial charge in [-0.3, -0.25) is 9.48 Å². The van der Waals surface area contributed by atoms with E-state index in [1.165, 1.54) is 0 Å². The van der Waals surface area contributed by atoms with Crippen LogP contribution in [-0.2, 0) is 18.4 Å². The van der Waals surface area contributed by atoms with Crippen molar-refractivity contribution in [1.82, 2.24) is 20.0 Å². The molecule has 0 spiro atoms. The number of amides is 1. The molecule has 1 aromatic heterocycles. The zero-order chi connectivity index (χ0) is 22.4. The maximum absolute atomic E-state index is 12.8. The molecule has 2 aromatic rings. The van der Waals surface area contributed by atoms with Gasteiger partial charge in [0.15, 0.2) is 5.96 Å². The summed E-state index contributed by atoms with van der Waals surface area (Å²) < 4.78 is 18.0. The Labute approximate surface area is 182 Å². The second-order valence-electron chi connectivity index (χ2n) is 7.02. The smallest absolute Gasteiger partial charge is 0.246 e. The normalized spacial score (nSPS) is 14.6. The van der Waals surface area contributed by atoms with Crippen LogP contribution in [0, 0.1) is 0 Å². The number of benzene rings is 1. The highest BCUT2D eigenvalue weighted by Crippen LogP contribution is 2.34. The first-order chi connectivity index (χ1) is 15.0. The molecule has 0 saturated carbocycles. The second kappa shape index (κ2) is 10.1. The van der Waals surface area contributed by atoms with Gasteiger partial charge in [-0.15, -0.1) is 0 Å². The number of ether oxygens (including phenoxy) is 3. The predicted octanol–water partition coefficient (Wildman–Crippen LogP) is 1.26. The van der Waals surface area contributed by atoms with Crippen molar-refractivity contribution < 1.29 is 19.0 Å². The van der Waals surface area contributed by atoms with Crippen LogP contribution >= 0.6 is 0 Å². The van der Waals surface area contributed by atoms with Crippen molar-refractivity contribution in [2.45, 2.75) is 13.5 Å². The highest BCUT2D eigenvalue weighted by molar-refractivity contribution is 5.98. The number of carbonyl (C=O) groups excluding carboxylic acids is 1. The van der Waals surface area contributed by atoms with Crippen LogP contribution in [0.5, 0.6) is 17.2 Å². The molecule has 1 fully saturated rings. The molecule has 0 aliphatic carbocycles. The minimum absolute atomic E-state index is 0.00413. The van der Waals surface area contributed by atoms with Crippen molar-refractivity contribution in [1.29, 1.82) is 0 Å². The van der Waals surface area contributed by atoms with E-state index in [4.69, 9.17) is 19.2 Å². The average Bonchev–Trinajstić information content (AvgIpc) is 3.21. The molecule has 1 N–H and O–H groups in total. The first kappa shape index (κ1) is 22.3. The van der Waals surface area contributed by atoms with Crippen molar-refractivity contribution in [2.24, 2.45) is 12.0 Å². The number of rotatable bonds is 7. The number of anilines is 1. The molecule has 0 radical (unpaired) electrons. The molecule has 10 heteroatoms. The summed E-state index contributed by atoms with van der Waals surface area (Å²) in [7, 11) is 6.63. The van der Waals surface area contributed by atoms with E-state index < -0.39 is 0 Å². The molecule has 2 heterocycles. The van der Waals surface area contributed by atoms with Crippen LogP contribution in [-0.4, -0.2) is 74.1 Å². The topological polar surface area (TPSA) is 93.5 Å². The summed E-state index contributed by atoms with van der Waals surface area (Å²) in [6.45, 7) is 4.46. The minimum atomic E-state index is 0.00413. The summed E-state index contributed by atoms with van der Waals surface area (Å²) in [6.07, 6.45) is 3.55. The molecule has 1 aliphatic rings. The number of guanidine groups is 1. The number of methoxy groups -OCH3 is 3.